The zero-order valence-electron chi connectivity index (χ0n) is 15.2. The van der Waals surface area contributed by atoms with E-state index in [9.17, 15) is 22.8 Å². The number of carbonyl (C=O) groups excluding carboxylic acids is 2. The molecule has 0 aliphatic heterocycles. The largest absolute Gasteiger partial charge is 0.416 e. The number of thiophene rings is 1. The lowest BCUT2D eigenvalue weighted by molar-refractivity contribution is -0.137. The van der Waals surface area contributed by atoms with Crippen LogP contribution in [0.4, 0.5) is 19.0 Å². The summed E-state index contributed by atoms with van der Waals surface area (Å²) in [4.78, 5) is 25.0. The van der Waals surface area contributed by atoms with Crippen molar-refractivity contribution in [3.8, 4) is 0 Å². The van der Waals surface area contributed by atoms with Crippen LogP contribution in [0.1, 0.15) is 32.6 Å². The molecule has 5 nitrogen and oxygen atoms in total. The van der Waals surface area contributed by atoms with E-state index in [1.807, 2.05) is 6.07 Å². The van der Waals surface area contributed by atoms with Crippen LogP contribution in [0.5, 0.6) is 0 Å². The molecule has 0 fully saturated rings. The Hall–Kier alpha value is -3.20. The number of nitrogens with zero attached hydrogens (tertiary/aromatic N) is 2. The van der Waals surface area contributed by atoms with Gasteiger partial charge in [0, 0.05) is 23.2 Å². The fraction of sp³-hybridized carbons (Fsp3) is 0.150. The molecule has 0 bridgehead atoms. The molecule has 29 heavy (non-hydrogen) atoms. The Morgan fingerprint density at radius 2 is 1.86 bits per heavy atom. The highest BCUT2D eigenvalue weighted by Crippen LogP contribution is 2.29. The number of nitrogens with one attached hydrogen (secondary N) is 1. The summed E-state index contributed by atoms with van der Waals surface area (Å²) in [5.74, 6) is -0.102. The maximum atomic E-state index is 12.5. The summed E-state index contributed by atoms with van der Waals surface area (Å²) in [7, 11) is 0. The van der Waals surface area contributed by atoms with Crippen LogP contribution >= 0.6 is 11.3 Å². The van der Waals surface area contributed by atoms with E-state index in [2.05, 4.69) is 10.4 Å². The van der Waals surface area contributed by atoms with Gasteiger partial charge in [-0.15, -0.1) is 11.3 Å². The van der Waals surface area contributed by atoms with Gasteiger partial charge in [-0.3, -0.25) is 14.3 Å². The van der Waals surface area contributed by atoms with E-state index in [0.29, 0.717) is 22.8 Å². The standard InChI is InChI=1S/C20H16F3N3O2S/c1-13(27)17-8-7-16(29-17)12-26-11-10-18(25-26)24-19(28)9-4-14-2-5-15(6-3-14)20(21,22)23/h2-11H,12H2,1H3,(H,24,25,28)/b9-4+. The van der Waals surface area contributed by atoms with Gasteiger partial charge in [0.15, 0.2) is 11.6 Å². The van der Waals surface area contributed by atoms with Crippen molar-refractivity contribution < 1.29 is 22.8 Å². The van der Waals surface area contributed by atoms with E-state index < -0.39 is 17.6 Å². The van der Waals surface area contributed by atoms with Gasteiger partial charge in [0.1, 0.15) is 0 Å². The highest BCUT2D eigenvalue weighted by atomic mass is 32.1. The van der Waals surface area contributed by atoms with E-state index >= 15 is 0 Å². The van der Waals surface area contributed by atoms with E-state index in [4.69, 9.17) is 0 Å². The molecule has 9 heteroatoms. The number of alkyl halides is 3. The van der Waals surface area contributed by atoms with Gasteiger partial charge in [-0.2, -0.15) is 18.3 Å². The number of hydrogen-bond acceptors (Lipinski definition) is 4. The number of halogens is 3. The molecule has 1 aromatic carbocycles. The molecule has 0 aliphatic carbocycles. The third kappa shape index (κ3) is 5.64. The van der Waals surface area contributed by atoms with E-state index in [-0.39, 0.29) is 5.78 Å². The molecule has 150 valence electrons. The lowest BCUT2D eigenvalue weighted by Crippen LogP contribution is -2.09. The molecule has 0 unspecified atom stereocenters. The predicted molar refractivity (Wildman–Crippen MR) is 105 cm³/mol. The van der Waals surface area contributed by atoms with Crippen LogP contribution in [0.2, 0.25) is 0 Å². The van der Waals surface area contributed by atoms with Crippen LogP contribution < -0.4 is 5.32 Å². The van der Waals surface area contributed by atoms with Gasteiger partial charge in [0.25, 0.3) is 0 Å². The predicted octanol–water partition coefficient (Wildman–Crippen LogP) is 4.87. The molecular formula is C20H16F3N3O2S. The summed E-state index contributed by atoms with van der Waals surface area (Å²) in [6, 6.07) is 9.75. The first-order chi connectivity index (χ1) is 13.7. The van der Waals surface area contributed by atoms with E-state index in [1.165, 1.54) is 42.5 Å². The summed E-state index contributed by atoms with van der Waals surface area (Å²) in [6.07, 6.45) is -0.0566. The van der Waals surface area contributed by atoms with Gasteiger partial charge in [0.2, 0.25) is 5.91 Å². The normalized spacial score (nSPS) is 11.7. The van der Waals surface area contributed by atoms with Gasteiger partial charge in [-0.25, -0.2) is 0 Å². The number of ketones is 1. The molecule has 0 radical (unpaired) electrons. The Labute approximate surface area is 168 Å². The zero-order chi connectivity index (χ0) is 21.0. The molecule has 0 atom stereocenters. The van der Waals surface area contributed by atoms with Gasteiger partial charge >= 0.3 is 6.18 Å². The van der Waals surface area contributed by atoms with Gasteiger partial charge in [0.05, 0.1) is 17.0 Å². The summed E-state index contributed by atoms with van der Waals surface area (Å²) in [5, 5.41) is 6.83. The summed E-state index contributed by atoms with van der Waals surface area (Å²) in [5.41, 5.74) is -0.275. The monoisotopic (exact) mass is 419 g/mol. The Morgan fingerprint density at radius 3 is 2.48 bits per heavy atom. The Bertz CT molecular complexity index is 1050. The topological polar surface area (TPSA) is 64.0 Å². The van der Waals surface area contributed by atoms with E-state index in [0.717, 1.165) is 17.0 Å². The number of anilines is 1. The average molecular weight is 419 g/mol. The molecule has 0 spiro atoms. The number of Topliss-reactive ketones (excluding diaryl/α,β-unsaturated/α-hetero) is 1. The SMILES string of the molecule is CC(=O)c1ccc(Cn2ccc(NC(=O)/C=C/c3ccc(C(F)(F)F)cc3)n2)s1. The first-order valence-electron chi connectivity index (χ1n) is 8.50. The van der Waals surface area contributed by atoms with Crippen molar-refractivity contribution in [3.63, 3.8) is 0 Å². The fourth-order valence-electron chi connectivity index (χ4n) is 2.45. The van der Waals surface area contributed by atoms with Crippen molar-refractivity contribution in [2.75, 3.05) is 5.32 Å². The number of hydrogen-bond donors (Lipinski definition) is 1. The Morgan fingerprint density at radius 1 is 1.14 bits per heavy atom. The lowest BCUT2D eigenvalue weighted by atomic mass is 10.1. The van der Waals surface area contributed by atoms with Crippen LogP contribution in [0.3, 0.4) is 0 Å². The fourth-order valence-corrected chi connectivity index (χ4v) is 3.35. The zero-order valence-corrected chi connectivity index (χ0v) is 16.1. The van der Waals surface area contributed by atoms with Crippen molar-refractivity contribution >= 4 is 34.9 Å². The third-order valence-electron chi connectivity index (χ3n) is 3.88. The van der Waals surface area contributed by atoms with Crippen molar-refractivity contribution in [1.29, 1.82) is 0 Å². The number of carbonyl (C=O) groups is 2. The molecular weight excluding hydrogens is 403 g/mol. The molecule has 1 N–H and O–H groups in total. The number of rotatable bonds is 6. The van der Waals surface area contributed by atoms with Gasteiger partial charge in [-0.1, -0.05) is 12.1 Å². The number of amides is 1. The van der Waals surface area contributed by atoms with Crippen molar-refractivity contribution in [3.05, 3.63) is 75.6 Å². The second-order valence-corrected chi connectivity index (χ2v) is 7.33. The van der Waals surface area contributed by atoms with Gasteiger partial charge < -0.3 is 5.32 Å². The van der Waals surface area contributed by atoms with Crippen LogP contribution in [-0.4, -0.2) is 21.5 Å². The molecule has 2 heterocycles. The second kappa shape index (κ2) is 8.44. The minimum absolute atomic E-state index is 0.00880. The summed E-state index contributed by atoms with van der Waals surface area (Å²) >= 11 is 1.39. The number of benzene rings is 1. The molecule has 3 aromatic rings. The summed E-state index contributed by atoms with van der Waals surface area (Å²) < 4.78 is 39.3. The third-order valence-corrected chi connectivity index (χ3v) is 5.05. The van der Waals surface area contributed by atoms with Crippen molar-refractivity contribution in [2.45, 2.75) is 19.6 Å². The Kier molecular flexibility index (Phi) is 5.97. The van der Waals surface area contributed by atoms with Crippen molar-refractivity contribution in [2.24, 2.45) is 0 Å². The maximum absolute atomic E-state index is 12.5. The van der Waals surface area contributed by atoms with E-state index in [1.54, 1.807) is 23.0 Å². The smallest absolute Gasteiger partial charge is 0.306 e. The number of aromatic nitrogens is 2. The van der Waals surface area contributed by atoms with Crippen molar-refractivity contribution in [1.82, 2.24) is 9.78 Å². The molecule has 0 saturated carbocycles. The molecule has 2 aromatic heterocycles. The highest BCUT2D eigenvalue weighted by molar-refractivity contribution is 7.14. The minimum atomic E-state index is -4.39. The van der Waals surface area contributed by atoms with Crippen LogP contribution in [-0.2, 0) is 17.5 Å². The molecule has 0 saturated heterocycles. The lowest BCUT2D eigenvalue weighted by Gasteiger charge is -2.05. The van der Waals surface area contributed by atoms with Gasteiger partial charge in [-0.05, 0) is 42.8 Å². The molecule has 0 aliphatic rings. The highest BCUT2D eigenvalue weighted by Gasteiger charge is 2.29. The second-order valence-electron chi connectivity index (χ2n) is 6.16. The average Bonchev–Trinajstić information content (AvgIpc) is 3.30. The van der Waals surface area contributed by atoms with Crippen LogP contribution in [0.15, 0.2) is 54.7 Å². The minimum Gasteiger partial charge on any atom is -0.306 e. The molecule has 3 rings (SSSR count). The first-order valence-corrected chi connectivity index (χ1v) is 9.32. The first kappa shape index (κ1) is 20.5. The quantitative estimate of drug-likeness (QED) is 0.458. The van der Waals surface area contributed by atoms with Crippen LogP contribution in [0.25, 0.3) is 6.08 Å². The maximum Gasteiger partial charge on any atom is 0.416 e. The summed E-state index contributed by atoms with van der Waals surface area (Å²) in [6.45, 7) is 1.98. The Balaban J connectivity index is 1.57. The molecule has 1 amide bonds. The van der Waals surface area contributed by atoms with Crippen LogP contribution in [0, 0.1) is 0 Å².